The molecule has 0 aliphatic carbocycles. The van der Waals surface area contributed by atoms with Crippen molar-refractivity contribution in [1.29, 1.82) is 0 Å². The number of carbonyl (C=O) groups is 1. The summed E-state index contributed by atoms with van der Waals surface area (Å²) in [4.78, 5) is 43.5. The van der Waals surface area contributed by atoms with E-state index in [1.807, 2.05) is 0 Å². The van der Waals surface area contributed by atoms with Gasteiger partial charge in [-0.3, -0.25) is 0 Å². The number of nitrogens with zero attached hydrogens (tertiary/aromatic N) is 2. The maximum atomic E-state index is 13.0. The van der Waals surface area contributed by atoms with Gasteiger partial charge in [0.1, 0.15) is 0 Å². The second-order valence-corrected chi connectivity index (χ2v) is 10.7. The summed E-state index contributed by atoms with van der Waals surface area (Å²) in [5.41, 5.74) is -0.293. The molecule has 0 radical (unpaired) electrons. The Labute approximate surface area is 178 Å². The SMILES string of the molecule is CCN1/C(=C/C=C2/SC(=S)N(C[PH](O)(O)O)C2=O)Sc2ccc(C(F)(F)F)cc21. The van der Waals surface area contributed by atoms with Crippen LogP contribution in [-0.4, -0.2) is 42.6 Å². The Morgan fingerprint density at radius 2 is 1.86 bits per heavy atom. The van der Waals surface area contributed by atoms with Gasteiger partial charge < -0.3 is 0 Å². The number of amides is 1. The van der Waals surface area contributed by atoms with Crippen molar-refractivity contribution < 1.29 is 32.6 Å². The summed E-state index contributed by atoms with van der Waals surface area (Å²) in [5.74, 6) is -0.575. The number of thioether (sulfide) groups is 2. The van der Waals surface area contributed by atoms with Crippen molar-refractivity contribution in [3.05, 3.63) is 45.8 Å². The molecule has 0 aromatic heterocycles. The Hall–Kier alpha value is -1.14. The van der Waals surface area contributed by atoms with Gasteiger partial charge in [0.25, 0.3) is 0 Å². The van der Waals surface area contributed by atoms with E-state index in [0.717, 1.165) is 28.8 Å². The van der Waals surface area contributed by atoms with Gasteiger partial charge >= 0.3 is 166 Å². The van der Waals surface area contributed by atoms with Crippen molar-refractivity contribution >= 4 is 59.6 Å². The third-order valence-corrected chi connectivity index (χ3v) is 7.26. The number of alkyl halides is 3. The zero-order valence-corrected chi connectivity index (χ0v) is 18.3. The number of hydrogen-bond acceptors (Lipinski definition) is 8. The number of benzene rings is 1. The molecule has 0 spiro atoms. The summed E-state index contributed by atoms with van der Waals surface area (Å²) >= 11 is 7.26. The fraction of sp³-hybridized carbons (Fsp3) is 0.250. The molecule has 1 fully saturated rings. The first kappa shape index (κ1) is 22.5. The first-order valence-corrected chi connectivity index (χ1v) is 12.3. The second-order valence-electron chi connectivity index (χ2n) is 6.10. The summed E-state index contributed by atoms with van der Waals surface area (Å²) in [6.45, 7) is 2.23. The van der Waals surface area contributed by atoms with Crippen molar-refractivity contribution in [2.45, 2.75) is 18.0 Å². The first-order valence-electron chi connectivity index (χ1n) is 8.20. The molecule has 2 aliphatic heterocycles. The van der Waals surface area contributed by atoms with Crippen LogP contribution in [-0.2, 0) is 11.0 Å². The minimum absolute atomic E-state index is 0.0817. The summed E-state index contributed by atoms with van der Waals surface area (Å²) in [6, 6.07) is 3.54. The van der Waals surface area contributed by atoms with Gasteiger partial charge in [0.15, 0.2) is 0 Å². The van der Waals surface area contributed by atoms with E-state index in [1.54, 1.807) is 17.9 Å². The van der Waals surface area contributed by atoms with E-state index < -0.39 is 31.9 Å². The van der Waals surface area contributed by atoms with Crippen LogP contribution in [0.3, 0.4) is 0 Å². The fourth-order valence-electron chi connectivity index (χ4n) is 2.74. The molecule has 0 saturated carbocycles. The van der Waals surface area contributed by atoms with Gasteiger partial charge in [-0.15, -0.1) is 0 Å². The topological polar surface area (TPSA) is 84.2 Å². The second kappa shape index (κ2) is 8.18. The van der Waals surface area contributed by atoms with E-state index in [1.165, 1.54) is 23.9 Å². The Kier molecular flexibility index (Phi) is 6.36. The molecular formula is C16H16F3N2O4PS3. The predicted molar refractivity (Wildman–Crippen MR) is 113 cm³/mol. The van der Waals surface area contributed by atoms with E-state index in [2.05, 4.69) is 0 Å². The van der Waals surface area contributed by atoms with Crippen LogP contribution in [0.4, 0.5) is 18.9 Å². The zero-order valence-electron chi connectivity index (χ0n) is 14.8. The van der Waals surface area contributed by atoms with Crippen LogP contribution in [0.2, 0.25) is 0 Å². The number of fused-ring (bicyclic) bond motifs is 1. The number of halogens is 3. The van der Waals surface area contributed by atoms with Crippen LogP contribution in [0.1, 0.15) is 12.5 Å². The molecule has 1 amide bonds. The minimum atomic E-state index is -4.51. The Balaban J connectivity index is 1.85. The summed E-state index contributed by atoms with van der Waals surface area (Å²) in [6.07, 6.45) is -2.01. The summed E-state index contributed by atoms with van der Waals surface area (Å²) < 4.78 is 39.1. The van der Waals surface area contributed by atoms with Gasteiger partial charge in [-0.05, 0) is 0 Å². The first-order chi connectivity index (χ1) is 13.4. The van der Waals surface area contributed by atoms with Crippen LogP contribution in [0.25, 0.3) is 0 Å². The molecule has 1 saturated heterocycles. The van der Waals surface area contributed by atoms with Crippen LogP contribution in [0.15, 0.2) is 45.2 Å². The number of rotatable bonds is 4. The zero-order chi connectivity index (χ0) is 21.6. The van der Waals surface area contributed by atoms with Crippen molar-refractivity contribution in [1.82, 2.24) is 4.90 Å². The van der Waals surface area contributed by atoms with Gasteiger partial charge in [-0.2, -0.15) is 13.2 Å². The fourth-order valence-corrected chi connectivity index (χ4v) is 6.00. The van der Waals surface area contributed by atoms with E-state index >= 15 is 0 Å². The van der Waals surface area contributed by atoms with Crippen LogP contribution in [0, 0.1) is 0 Å². The maximum absolute atomic E-state index is 13.0. The molecule has 3 N–H and O–H groups in total. The molecule has 0 unspecified atom stereocenters. The normalized spacial score (nSPS) is 20.9. The van der Waals surface area contributed by atoms with Crippen LogP contribution < -0.4 is 4.90 Å². The van der Waals surface area contributed by atoms with Gasteiger partial charge in [0.2, 0.25) is 0 Å². The van der Waals surface area contributed by atoms with Crippen LogP contribution in [0.5, 0.6) is 0 Å². The van der Waals surface area contributed by atoms with Crippen molar-refractivity contribution in [2.75, 3.05) is 17.7 Å². The molecule has 6 nitrogen and oxygen atoms in total. The van der Waals surface area contributed by atoms with Gasteiger partial charge in [0.05, 0.1) is 0 Å². The van der Waals surface area contributed by atoms with E-state index in [-0.39, 0.29) is 9.23 Å². The third kappa shape index (κ3) is 4.96. The van der Waals surface area contributed by atoms with Gasteiger partial charge in [0, 0.05) is 0 Å². The average molecular weight is 484 g/mol. The summed E-state index contributed by atoms with van der Waals surface area (Å²) in [5, 5.41) is 0.641. The van der Waals surface area contributed by atoms with E-state index in [9.17, 15) is 32.6 Å². The quantitative estimate of drug-likeness (QED) is 0.339. The van der Waals surface area contributed by atoms with Crippen molar-refractivity contribution in [2.24, 2.45) is 0 Å². The third-order valence-electron chi connectivity index (χ3n) is 3.99. The molecule has 3 rings (SSSR count). The molecule has 2 heterocycles. The monoisotopic (exact) mass is 484 g/mol. The molecule has 13 heteroatoms. The van der Waals surface area contributed by atoms with E-state index in [4.69, 9.17) is 12.2 Å². The van der Waals surface area contributed by atoms with Crippen LogP contribution >= 0.6 is 43.7 Å². The van der Waals surface area contributed by atoms with E-state index in [0.29, 0.717) is 22.2 Å². The Bertz CT molecular complexity index is 931. The molecule has 29 heavy (non-hydrogen) atoms. The van der Waals surface area contributed by atoms with Gasteiger partial charge in [-0.1, -0.05) is 0 Å². The standard InChI is InChI=1S/C16H16F3N2O4PS3/c1-2-20-10-7-9(16(17,18)19)3-4-11(10)28-13(20)6-5-12-14(22)21(15(27)29-12)8-26(23,24)25/h3-7,23-26H,2,8H2,1H3/b12-5+,13-6-. The molecule has 0 bridgehead atoms. The number of allylic oxidation sites excluding steroid dienone is 2. The van der Waals surface area contributed by atoms with Crippen molar-refractivity contribution in [3.63, 3.8) is 0 Å². The Morgan fingerprint density at radius 1 is 1.17 bits per heavy atom. The Morgan fingerprint density at radius 3 is 2.45 bits per heavy atom. The average Bonchev–Trinajstić information content (AvgIpc) is 3.09. The number of thiocarbonyl (C=S) groups is 1. The van der Waals surface area contributed by atoms with Gasteiger partial charge in [-0.25, -0.2) is 0 Å². The molecule has 1 aromatic rings. The predicted octanol–water partition coefficient (Wildman–Crippen LogP) is 3.65. The molecule has 0 atom stereocenters. The summed E-state index contributed by atoms with van der Waals surface area (Å²) in [7, 11) is -4.51. The number of hydrogen-bond donors (Lipinski definition) is 3. The molecular weight excluding hydrogens is 468 g/mol. The van der Waals surface area contributed by atoms with Crippen molar-refractivity contribution in [3.8, 4) is 0 Å². The molecule has 158 valence electrons. The molecule has 2 aliphatic rings. The molecule has 1 aromatic carbocycles. The number of carbonyl (C=O) groups excluding carboxylic acids is 1. The number of anilines is 1.